The Bertz CT molecular complexity index is 867. The summed E-state index contributed by atoms with van der Waals surface area (Å²) in [5, 5.41) is 0.824. The van der Waals surface area contributed by atoms with Gasteiger partial charge in [-0.25, -0.2) is 0 Å². The lowest BCUT2D eigenvalue weighted by molar-refractivity contribution is 0.269. The largest absolute Gasteiger partial charge is 0.496 e. The van der Waals surface area contributed by atoms with E-state index in [0.717, 1.165) is 47.0 Å². The van der Waals surface area contributed by atoms with Gasteiger partial charge in [0.15, 0.2) is 0 Å². The van der Waals surface area contributed by atoms with Crippen LogP contribution < -0.4 is 4.74 Å². The number of hydrogen-bond acceptors (Lipinski definition) is 3. The molecule has 0 bridgehead atoms. The molecule has 2 aliphatic heterocycles. The zero-order valence-corrected chi connectivity index (χ0v) is 17.9. The summed E-state index contributed by atoms with van der Waals surface area (Å²) in [6.45, 7) is 2.02. The topological polar surface area (TPSA) is 24.8 Å². The molecule has 3 nitrogen and oxygen atoms in total. The second kappa shape index (κ2) is 8.24. The fraction of sp³-hybridized carbons (Fsp3) is 0.409. The first-order valence-electron chi connectivity index (χ1n) is 9.58. The average molecular weight is 448 g/mol. The van der Waals surface area contributed by atoms with E-state index in [1.807, 2.05) is 24.3 Å². The summed E-state index contributed by atoms with van der Waals surface area (Å²) in [5.74, 6) is 2.06. The van der Waals surface area contributed by atoms with E-state index in [-0.39, 0.29) is 0 Å². The highest BCUT2D eigenvalue weighted by Crippen LogP contribution is 2.31. The third-order valence-corrected chi connectivity index (χ3v) is 6.44. The van der Waals surface area contributed by atoms with E-state index in [1.54, 1.807) is 7.11 Å². The molecule has 2 aromatic carbocycles. The highest BCUT2D eigenvalue weighted by Gasteiger charge is 2.31. The summed E-state index contributed by atoms with van der Waals surface area (Å²) in [7, 11) is 1.72. The molecule has 0 spiro atoms. The molecule has 1 atom stereocenters. The molecule has 2 heterocycles. The van der Waals surface area contributed by atoms with Crippen molar-refractivity contribution in [1.82, 2.24) is 4.90 Å². The lowest BCUT2D eigenvalue weighted by Crippen LogP contribution is -2.41. The number of amidine groups is 1. The van der Waals surface area contributed by atoms with E-state index >= 15 is 0 Å². The summed E-state index contributed by atoms with van der Waals surface area (Å²) in [5.41, 5.74) is 3.56. The number of halogens is 2. The predicted octanol–water partition coefficient (Wildman–Crippen LogP) is 5.51. The molecule has 2 aromatic rings. The highest BCUT2D eigenvalue weighted by molar-refractivity contribution is 9.10. The van der Waals surface area contributed by atoms with Gasteiger partial charge in [0.25, 0.3) is 0 Å². The van der Waals surface area contributed by atoms with E-state index in [2.05, 4.69) is 33.0 Å². The van der Waals surface area contributed by atoms with Crippen LogP contribution in [0, 0.1) is 0 Å². The van der Waals surface area contributed by atoms with Crippen LogP contribution in [-0.2, 0) is 12.8 Å². The molecule has 0 radical (unpaired) electrons. The Morgan fingerprint density at radius 1 is 1.22 bits per heavy atom. The van der Waals surface area contributed by atoms with Crippen molar-refractivity contribution in [1.29, 1.82) is 0 Å². The van der Waals surface area contributed by atoms with E-state index in [0.29, 0.717) is 6.04 Å². The molecule has 4 rings (SSSR count). The third-order valence-electron chi connectivity index (χ3n) is 5.60. The average Bonchev–Trinajstić information content (AvgIpc) is 3.11. The van der Waals surface area contributed by atoms with Crippen molar-refractivity contribution >= 4 is 33.4 Å². The first-order chi connectivity index (χ1) is 13.2. The molecule has 1 saturated heterocycles. The predicted molar refractivity (Wildman–Crippen MR) is 115 cm³/mol. The number of aliphatic imine (C=N–C) groups is 1. The fourth-order valence-corrected chi connectivity index (χ4v) is 4.89. The van der Waals surface area contributed by atoms with Gasteiger partial charge in [-0.05, 0) is 67.5 Å². The smallest absolute Gasteiger partial charge is 0.131 e. The number of benzene rings is 2. The second-order valence-corrected chi connectivity index (χ2v) is 8.55. The zero-order chi connectivity index (χ0) is 18.8. The Hall–Kier alpha value is -1.52. The molecule has 1 unspecified atom stereocenters. The van der Waals surface area contributed by atoms with E-state index < -0.39 is 0 Å². The normalized spacial score (nSPS) is 19.0. The Balaban J connectivity index is 1.62. The van der Waals surface area contributed by atoms with Crippen molar-refractivity contribution in [3.63, 3.8) is 0 Å². The molecular weight excluding hydrogens is 424 g/mol. The molecule has 0 saturated carbocycles. The number of piperidine rings is 1. The lowest BCUT2D eigenvalue weighted by Gasteiger charge is -2.33. The minimum absolute atomic E-state index is 0.575. The van der Waals surface area contributed by atoms with Gasteiger partial charge in [0.1, 0.15) is 11.6 Å². The van der Waals surface area contributed by atoms with Crippen molar-refractivity contribution in [2.24, 2.45) is 4.99 Å². The number of aryl methyl sites for hydroxylation is 1. The summed E-state index contributed by atoms with van der Waals surface area (Å²) >= 11 is 10.2. The lowest BCUT2D eigenvalue weighted by atomic mass is 9.97. The fourth-order valence-electron chi connectivity index (χ4n) is 4.22. The van der Waals surface area contributed by atoms with Gasteiger partial charge in [-0.1, -0.05) is 39.7 Å². The monoisotopic (exact) mass is 446 g/mol. The summed E-state index contributed by atoms with van der Waals surface area (Å²) in [6.07, 6.45) is 5.54. The molecule has 5 heteroatoms. The van der Waals surface area contributed by atoms with Crippen LogP contribution in [0.25, 0.3) is 0 Å². The number of ether oxygens (including phenoxy) is 1. The van der Waals surface area contributed by atoms with Gasteiger partial charge in [0, 0.05) is 21.6 Å². The van der Waals surface area contributed by atoms with Crippen molar-refractivity contribution in [2.45, 2.75) is 38.1 Å². The minimum Gasteiger partial charge on any atom is -0.496 e. The van der Waals surface area contributed by atoms with Gasteiger partial charge >= 0.3 is 0 Å². The first-order valence-corrected chi connectivity index (χ1v) is 10.8. The maximum atomic E-state index is 6.64. The van der Waals surface area contributed by atoms with Crippen LogP contribution in [0.3, 0.4) is 0 Å². The quantitative estimate of drug-likeness (QED) is 0.603. The minimum atomic E-state index is 0.575. The summed E-state index contributed by atoms with van der Waals surface area (Å²) in [4.78, 5) is 7.41. The molecular formula is C22H24BrClN2O. The number of methoxy groups -OCH3 is 1. The number of nitrogens with zero attached hydrogens (tertiary/aromatic N) is 2. The van der Waals surface area contributed by atoms with Gasteiger partial charge in [-0.15, -0.1) is 0 Å². The summed E-state index contributed by atoms with van der Waals surface area (Å²) < 4.78 is 6.60. The van der Waals surface area contributed by atoms with Gasteiger partial charge in [0.2, 0.25) is 0 Å². The van der Waals surface area contributed by atoms with Gasteiger partial charge < -0.3 is 9.64 Å². The number of hydrogen-bond donors (Lipinski definition) is 0. The highest BCUT2D eigenvalue weighted by atomic mass is 79.9. The Morgan fingerprint density at radius 3 is 2.96 bits per heavy atom. The van der Waals surface area contributed by atoms with Gasteiger partial charge in [-0.2, -0.15) is 0 Å². The van der Waals surface area contributed by atoms with Gasteiger partial charge in [-0.3, -0.25) is 4.99 Å². The molecule has 0 N–H and O–H groups in total. The Kier molecular flexibility index (Phi) is 5.74. The van der Waals surface area contributed by atoms with Crippen LogP contribution in [0.15, 0.2) is 45.9 Å². The second-order valence-electron chi connectivity index (χ2n) is 7.23. The van der Waals surface area contributed by atoms with Crippen LogP contribution >= 0.6 is 27.5 Å². The van der Waals surface area contributed by atoms with E-state index in [1.165, 1.54) is 36.0 Å². The summed E-state index contributed by atoms with van der Waals surface area (Å²) in [6, 6.07) is 12.9. The van der Waals surface area contributed by atoms with Crippen LogP contribution in [0.1, 0.15) is 36.0 Å². The third kappa shape index (κ3) is 3.88. The Morgan fingerprint density at radius 2 is 2.11 bits per heavy atom. The van der Waals surface area contributed by atoms with Crippen molar-refractivity contribution in [3.05, 3.63) is 62.6 Å². The first kappa shape index (κ1) is 18.8. The van der Waals surface area contributed by atoms with Crippen LogP contribution in [0.2, 0.25) is 5.02 Å². The zero-order valence-electron chi connectivity index (χ0n) is 15.5. The molecule has 0 amide bonds. The molecule has 1 fully saturated rings. The number of fused-ring (bicyclic) bond motifs is 1. The standard InChI is InChI=1S/C22H24BrClN2O/c1-27-21-11-9-16(23)13-15(21)8-10-18-19(6-4-7-20(18)24)22-25-14-17-5-2-3-12-26(17)22/h4,6-7,9,11,13,17H,2-3,5,8,10,12,14H2,1H3. The molecule has 142 valence electrons. The molecule has 27 heavy (non-hydrogen) atoms. The van der Waals surface area contributed by atoms with Crippen LogP contribution in [0.5, 0.6) is 5.75 Å². The van der Waals surface area contributed by atoms with Crippen molar-refractivity contribution < 1.29 is 4.74 Å². The SMILES string of the molecule is COc1ccc(Br)cc1CCc1c(Cl)cccc1C1=NCC2CCCCN12. The van der Waals surface area contributed by atoms with E-state index in [9.17, 15) is 0 Å². The molecule has 0 aromatic heterocycles. The van der Waals surface area contributed by atoms with Gasteiger partial charge in [0.05, 0.1) is 19.7 Å². The van der Waals surface area contributed by atoms with Crippen LogP contribution in [0.4, 0.5) is 0 Å². The molecule has 0 aliphatic carbocycles. The Labute approximate surface area is 174 Å². The molecule has 2 aliphatic rings. The van der Waals surface area contributed by atoms with Crippen molar-refractivity contribution in [2.75, 3.05) is 20.2 Å². The maximum Gasteiger partial charge on any atom is 0.131 e. The maximum absolute atomic E-state index is 6.64. The van der Waals surface area contributed by atoms with E-state index in [4.69, 9.17) is 21.3 Å². The van der Waals surface area contributed by atoms with Crippen molar-refractivity contribution in [3.8, 4) is 5.75 Å². The number of rotatable bonds is 5. The van der Waals surface area contributed by atoms with Crippen LogP contribution in [-0.4, -0.2) is 37.0 Å².